The SMILES string of the molecule is CCCCCCCCNC(=O)c1nc(C(C)C)ncc1N. The van der Waals surface area contributed by atoms with Gasteiger partial charge in [0, 0.05) is 12.5 Å². The van der Waals surface area contributed by atoms with Crippen molar-refractivity contribution < 1.29 is 4.79 Å². The summed E-state index contributed by atoms with van der Waals surface area (Å²) in [6.45, 7) is 6.86. The van der Waals surface area contributed by atoms with Gasteiger partial charge >= 0.3 is 0 Å². The summed E-state index contributed by atoms with van der Waals surface area (Å²) in [5, 5.41) is 2.89. The lowest BCUT2D eigenvalue weighted by Gasteiger charge is -2.09. The lowest BCUT2D eigenvalue weighted by molar-refractivity contribution is 0.0948. The third-order valence-corrected chi connectivity index (χ3v) is 3.38. The first-order chi connectivity index (χ1) is 10.1. The van der Waals surface area contributed by atoms with Crippen LogP contribution in [0.4, 0.5) is 5.69 Å². The van der Waals surface area contributed by atoms with Crippen LogP contribution in [-0.2, 0) is 0 Å². The molecule has 0 aliphatic heterocycles. The summed E-state index contributed by atoms with van der Waals surface area (Å²) in [5.41, 5.74) is 6.41. The summed E-state index contributed by atoms with van der Waals surface area (Å²) in [5.74, 6) is 0.620. The van der Waals surface area contributed by atoms with E-state index in [9.17, 15) is 4.79 Å². The Bertz CT molecular complexity index is 446. The molecule has 1 aromatic heterocycles. The molecule has 1 aromatic rings. The largest absolute Gasteiger partial charge is 0.396 e. The van der Waals surface area contributed by atoms with E-state index in [1.807, 2.05) is 13.8 Å². The number of anilines is 1. The quantitative estimate of drug-likeness (QED) is 0.684. The molecule has 118 valence electrons. The van der Waals surface area contributed by atoms with Gasteiger partial charge in [0.05, 0.1) is 11.9 Å². The van der Waals surface area contributed by atoms with E-state index in [0.717, 1.165) is 12.8 Å². The normalized spacial score (nSPS) is 10.9. The molecule has 0 fully saturated rings. The Morgan fingerprint density at radius 2 is 1.90 bits per heavy atom. The van der Waals surface area contributed by atoms with Gasteiger partial charge in [-0.3, -0.25) is 4.79 Å². The van der Waals surface area contributed by atoms with Crippen molar-refractivity contribution >= 4 is 11.6 Å². The van der Waals surface area contributed by atoms with Gasteiger partial charge in [-0.1, -0.05) is 52.9 Å². The first-order valence-corrected chi connectivity index (χ1v) is 7.96. The summed E-state index contributed by atoms with van der Waals surface area (Å²) >= 11 is 0. The van der Waals surface area contributed by atoms with Crippen molar-refractivity contribution in [1.82, 2.24) is 15.3 Å². The van der Waals surface area contributed by atoms with Crippen LogP contribution in [0.1, 0.15) is 81.5 Å². The van der Waals surface area contributed by atoms with Crippen LogP contribution in [0.3, 0.4) is 0 Å². The maximum absolute atomic E-state index is 12.1. The third-order valence-electron chi connectivity index (χ3n) is 3.38. The standard InChI is InChI=1S/C16H28N4O/c1-4-5-6-7-8-9-10-18-16(21)14-13(17)11-19-15(20-14)12(2)3/h11-12H,4-10,17H2,1-3H3,(H,18,21). The molecule has 1 rings (SSSR count). The highest BCUT2D eigenvalue weighted by Gasteiger charge is 2.14. The maximum atomic E-state index is 12.1. The highest BCUT2D eigenvalue weighted by molar-refractivity contribution is 5.96. The van der Waals surface area contributed by atoms with Crippen molar-refractivity contribution in [2.45, 2.75) is 65.2 Å². The number of nitrogens with zero attached hydrogens (tertiary/aromatic N) is 2. The van der Waals surface area contributed by atoms with Crippen LogP contribution in [0.5, 0.6) is 0 Å². The Kier molecular flexibility index (Phi) is 7.72. The van der Waals surface area contributed by atoms with E-state index < -0.39 is 0 Å². The van der Waals surface area contributed by atoms with Gasteiger partial charge in [0.1, 0.15) is 5.82 Å². The van der Waals surface area contributed by atoms with E-state index in [0.29, 0.717) is 23.8 Å². The molecule has 0 aliphatic carbocycles. The molecule has 0 atom stereocenters. The summed E-state index contributed by atoms with van der Waals surface area (Å²) < 4.78 is 0. The zero-order chi connectivity index (χ0) is 15.7. The van der Waals surface area contributed by atoms with Crippen molar-refractivity contribution in [2.24, 2.45) is 0 Å². The van der Waals surface area contributed by atoms with Gasteiger partial charge in [-0.2, -0.15) is 0 Å². The number of nitrogen functional groups attached to an aromatic ring is 1. The fourth-order valence-corrected chi connectivity index (χ4v) is 2.06. The molecular weight excluding hydrogens is 264 g/mol. The molecule has 0 spiro atoms. The number of nitrogens with two attached hydrogens (primary N) is 1. The van der Waals surface area contributed by atoms with E-state index in [1.165, 1.54) is 31.9 Å². The molecule has 5 heteroatoms. The number of nitrogens with one attached hydrogen (secondary N) is 1. The average molecular weight is 292 g/mol. The van der Waals surface area contributed by atoms with E-state index in [1.54, 1.807) is 0 Å². The number of rotatable bonds is 9. The number of hydrogen-bond acceptors (Lipinski definition) is 4. The number of unbranched alkanes of at least 4 members (excludes halogenated alkanes) is 5. The van der Waals surface area contributed by atoms with Gasteiger partial charge in [-0.15, -0.1) is 0 Å². The number of aromatic nitrogens is 2. The van der Waals surface area contributed by atoms with Gasteiger partial charge in [-0.25, -0.2) is 9.97 Å². The average Bonchev–Trinajstić information content (AvgIpc) is 2.46. The molecule has 1 heterocycles. The Balaban J connectivity index is 2.40. The molecule has 5 nitrogen and oxygen atoms in total. The fraction of sp³-hybridized carbons (Fsp3) is 0.688. The van der Waals surface area contributed by atoms with Crippen LogP contribution in [0.2, 0.25) is 0 Å². The Labute approximate surface area is 127 Å². The smallest absolute Gasteiger partial charge is 0.272 e. The lowest BCUT2D eigenvalue weighted by atomic mass is 10.1. The fourth-order valence-electron chi connectivity index (χ4n) is 2.06. The highest BCUT2D eigenvalue weighted by Crippen LogP contribution is 2.13. The maximum Gasteiger partial charge on any atom is 0.272 e. The van der Waals surface area contributed by atoms with Crippen LogP contribution in [0.15, 0.2) is 6.20 Å². The zero-order valence-corrected chi connectivity index (χ0v) is 13.5. The molecule has 0 bridgehead atoms. The molecule has 0 saturated carbocycles. The Morgan fingerprint density at radius 3 is 2.57 bits per heavy atom. The number of carbonyl (C=O) groups excluding carboxylic acids is 1. The predicted octanol–water partition coefficient (Wildman–Crippen LogP) is 3.27. The molecule has 0 aromatic carbocycles. The van der Waals surface area contributed by atoms with Crippen LogP contribution >= 0.6 is 0 Å². The van der Waals surface area contributed by atoms with Gasteiger partial charge < -0.3 is 11.1 Å². The number of amides is 1. The van der Waals surface area contributed by atoms with Gasteiger partial charge in [0.25, 0.3) is 5.91 Å². The van der Waals surface area contributed by atoms with Crippen LogP contribution < -0.4 is 11.1 Å². The predicted molar refractivity (Wildman–Crippen MR) is 86.2 cm³/mol. The van der Waals surface area contributed by atoms with Gasteiger partial charge in [0.15, 0.2) is 5.69 Å². The van der Waals surface area contributed by atoms with Crippen molar-refractivity contribution in [2.75, 3.05) is 12.3 Å². The monoisotopic (exact) mass is 292 g/mol. The lowest BCUT2D eigenvalue weighted by Crippen LogP contribution is -2.27. The second kappa shape index (κ2) is 9.32. The van der Waals surface area contributed by atoms with Crippen LogP contribution in [-0.4, -0.2) is 22.4 Å². The molecular formula is C16H28N4O. The molecule has 1 amide bonds. The zero-order valence-electron chi connectivity index (χ0n) is 13.5. The first kappa shape index (κ1) is 17.4. The molecule has 0 radical (unpaired) electrons. The second-order valence-electron chi connectivity index (χ2n) is 5.71. The summed E-state index contributed by atoms with van der Waals surface area (Å²) in [6.07, 6.45) is 8.72. The van der Waals surface area contributed by atoms with Crippen LogP contribution in [0, 0.1) is 0 Å². The van der Waals surface area contributed by atoms with Crippen molar-refractivity contribution in [3.05, 3.63) is 17.7 Å². The van der Waals surface area contributed by atoms with Crippen molar-refractivity contribution in [3.8, 4) is 0 Å². The number of carbonyl (C=O) groups is 1. The van der Waals surface area contributed by atoms with Crippen molar-refractivity contribution in [3.63, 3.8) is 0 Å². The molecule has 0 aliphatic rings. The highest BCUT2D eigenvalue weighted by atomic mass is 16.1. The minimum Gasteiger partial charge on any atom is -0.396 e. The molecule has 3 N–H and O–H groups in total. The van der Waals surface area contributed by atoms with Gasteiger partial charge in [-0.05, 0) is 6.42 Å². The minimum atomic E-state index is -0.203. The summed E-state index contributed by atoms with van der Waals surface area (Å²) in [7, 11) is 0. The summed E-state index contributed by atoms with van der Waals surface area (Å²) in [4.78, 5) is 20.5. The summed E-state index contributed by atoms with van der Waals surface area (Å²) in [6, 6.07) is 0. The van der Waals surface area contributed by atoms with Gasteiger partial charge in [0.2, 0.25) is 0 Å². The van der Waals surface area contributed by atoms with E-state index >= 15 is 0 Å². The van der Waals surface area contributed by atoms with Crippen molar-refractivity contribution in [1.29, 1.82) is 0 Å². The minimum absolute atomic E-state index is 0.177. The topological polar surface area (TPSA) is 80.9 Å². The van der Waals surface area contributed by atoms with Crippen LogP contribution in [0.25, 0.3) is 0 Å². The molecule has 0 unspecified atom stereocenters. The molecule has 21 heavy (non-hydrogen) atoms. The van der Waals surface area contributed by atoms with E-state index in [2.05, 4.69) is 22.2 Å². The molecule has 0 saturated heterocycles. The third kappa shape index (κ3) is 6.10. The number of hydrogen-bond donors (Lipinski definition) is 2. The Morgan fingerprint density at radius 1 is 1.24 bits per heavy atom. The van der Waals surface area contributed by atoms with E-state index in [-0.39, 0.29) is 11.8 Å². The Hall–Kier alpha value is -1.65. The second-order valence-corrected chi connectivity index (χ2v) is 5.71. The first-order valence-electron chi connectivity index (χ1n) is 7.96. The van der Waals surface area contributed by atoms with E-state index in [4.69, 9.17) is 5.73 Å².